The molecule has 2 aromatic rings. The highest BCUT2D eigenvalue weighted by Crippen LogP contribution is 2.22. The van der Waals surface area contributed by atoms with Crippen molar-refractivity contribution in [2.75, 3.05) is 5.75 Å². The molecule has 0 spiro atoms. The summed E-state index contributed by atoms with van der Waals surface area (Å²) in [6.07, 6.45) is 0.817. The van der Waals surface area contributed by atoms with Crippen LogP contribution in [0.2, 0.25) is 5.02 Å². The van der Waals surface area contributed by atoms with Gasteiger partial charge in [-0.1, -0.05) is 11.6 Å². The minimum absolute atomic E-state index is 0.168. The van der Waals surface area contributed by atoms with Crippen LogP contribution >= 0.6 is 23.4 Å². The fraction of sp³-hybridized carbons (Fsp3) is 0.250. The number of hydrogen-bond donors (Lipinski definition) is 1. The quantitative estimate of drug-likeness (QED) is 0.874. The second-order valence-electron chi connectivity index (χ2n) is 4.11. The molecule has 94 valence electrons. The molecule has 1 aromatic carbocycles. The molecule has 6 heteroatoms. The first-order chi connectivity index (χ1) is 8.66. The number of H-pyrrole nitrogens is 1. The van der Waals surface area contributed by atoms with Crippen LogP contribution in [0, 0.1) is 5.82 Å². The Labute approximate surface area is 112 Å². The highest BCUT2D eigenvalue weighted by molar-refractivity contribution is 7.98. The fourth-order valence-electron chi connectivity index (χ4n) is 2.05. The molecule has 3 nitrogen and oxygen atoms in total. The molecular formula is C12H10ClFN2OS. The summed E-state index contributed by atoms with van der Waals surface area (Å²) in [4.78, 5) is 12.2. The molecule has 2 heterocycles. The third kappa shape index (κ3) is 1.87. The smallest absolute Gasteiger partial charge is 0.275 e. The van der Waals surface area contributed by atoms with Gasteiger partial charge in [0.15, 0.2) is 0 Å². The maximum absolute atomic E-state index is 13.8. The van der Waals surface area contributed by atoms with Gasteiger partial charge in [0.05, 0.1) is 0 Å². The summed E-state index contributed by atoms with van der Waals surface area (Å²) >= 11 is 7.42. The lowest BCUT2D eigenvalue weighted by Crippen LogP contribution is -2.18. The number of thioether (sulfide) groups is 1. The predicted molar refractivity (Wildman–Crippen MR) is 71.2 cm³/mol. The van der Waals surface area contributed by atoms with Crippen molar-refractivity contribution in [2.45, 2.75) is 12.2 Å². The lowest BCUT2D eigenvalue weighted by Gasteiger charge is -2.07. The van der Waals surface area contributed by atoms with E-state index in [1.54, 1.807) is 17.8 Å². The normalized spacial score (nSPS) is 14.6. The van der Waals surface area contributed by atoms with Crippen LogP contribution < -0.4 is 5.56 Å². The molecule has 0 saturated carbocycles. The van der Waals surface area contributed by atoms with Crippen LogP contribution in [-0.2, 0) is 12.2 Å². The molecule has 0 radical (unpaired) electrons. The van der Waals surface area contributed by atoms with Crippen molar-refractivity contribution in [1.82, 2.24) is 9.78 Å². The maximum Gasteiger partial charge on any atom is 0.275 e. The lowest BCUT2D eigenvalue weighted by molar-refractivity contribution is 0.607. The first kappa shape index (κ1) is 11.9. The van der Waals surface area contributed by atoms with E-state index in [1.807, 2.05) is 0 Å². The van der Waals surface area contributed by atoms with Gasteiger partial charge in [-0.25, -0.2) is 9.07 Å². The molecule has 0 unspecified atom stereocenters. The van der Waals surface area contributed by atoms with Crippen LogP contribution in [0.4, 0.5) is 4.39 Å². The lowest BCUT2D eigenvalue weighted by atomic mass is 10.2. The summed E-state index contributed by atoms with van der Waals surface area (Å²) in [6.45, 7) is 0. The molecule has 3 rings (SSSR count). The molecular weight excluding hydrogens is 275 g/mol. The zero-order chi connectivity index (χ0) is 12.7. The molecule has 18 heavy (non-hydrogen) atoms. The van der Waals surface area contributed by atoms with E-state index in [1.165, 1.54) is 16.8 Å². The van der Waals surface area contributed by atoms with E-state index in [0.29, 0.717) is 10.8 Å². The number of benzene rings is 1. The van der Waals surface area contributed by atoms with E-state index in [2.05, 4.69) is 5.10 Å². The van der Waals surface area contributed by atoms with Gasteiger partial charge < -0.3 is 0 Å². The topological polar surface area (TPSA) is 37.8 Å². The van der Waals surface area contributed by atoms with Crippen molar-refractivity contribution in [1.29, 1.82) is 0 Å². The van der Waals surface area contributed by atoms with E-state index in [9.17, 15) is 9.18 Å². The van der Waals surface area contributed by atoms with Gasteiger partial charge in [0.2, 0.25) is 0 Å². The van der Waals surface area contributed by atoms with Gasteiger partial charge in [0.1, 0.15) is 11.5 Å². The third-order valence-corrected chi connectivity index (χ3v) is 4.19. The van der Waals surface area contributed by atoms with E-state index < -0.39 is 5.82 Å². The summed E-state index contributed by atoms with van der Waals surface area (Å²) in [7, 11) is 0. The van der Waals surface area contributed by atoms with Crippen molar-refractivity contribution < 1.29 is 4.39 Å². The molecule has 1 aromatic heterocycles. The van der Waals surface area contributed by atoms with Crippen molar-refractivity contribution in [3.05, 3.63) is 50.7 Å². The Morgan fingerprint density at radius 3 is 3.00 bits per heavy atom. The Kier molecular flexibility index (Phi) is 2.95. The van der Waals surface area contributed by atoms with Crippen LogP contribution in [0.3, 0.4) is 0 Å². The van der Waals surface area contributed by atoms with Crippen molar-refractivity contribution >= 4 is 23.4 Å². The Hall–Kier alpha value is -1.20. The maximum atomic E-state index is 13.8. The fourth-order valence-corrected chi connectivity index (χ4v) is 3.21. The van der Waals surface area contributed by atoms with E-state index in [4.69, 9.17) is 11.6 Å². The van der Waals surface area contributed by atoms with Gasteiger partial charge >= 0.3 is 0 Å². The molecule has 1 aliphatic rings. The molecule has 0 bridgehead atoms. The van der Waals surface area contributed by atoms with Crippen LogP contribution in [0.5, 0.6) is 0 Å². The number of aromatic amines is 1. The summed E-state index contributed by atoms with van der Waals surface area (Å²) in [5.41, 5.74) is 1.70. The van der Waals surface area contributed by atoms with Gasteiger partial charge in [-0.2, -0.15) is 11.8 Å². The largest absolute Gasteiger partial charge is 0.295 e. The van der Waals surface area contributed by atoms with E-state index in [-0.39, 0.29) is 11.2 Å². The summed E-state index contributed by atoms with van der Waals surface area (Å²) in [5, 5.41) is 3.30. The zero-order valence-corrected chi connectivity index (χ0v) is 10.9. The number of aromatic nitrogens is 2. The minimum Gasteiger partial charge on any atom is -0.295 e. The van der Waals surface area contributed by atoms with Gasteiger partial charge in [0.25, 0.3) is 5.56 Å². The van der Waals surface area contributed by atoms with Crippen LogP contribution in [0.1, 0.15) is 11.3 Å². The summed E-state index contributed by atoms with van der Waals surface area (Å²) < 4.78 is 15.1. The predicted octanol–water partition coefficient (Wildman–Crippen LogP) is 2.75. The summed E-state index contributed by atoms with van der Waals surface area (Å²) in [6, 6.07) is 4.28. The second-order valence-corrected chi connectivity index (χ2v) is 5.65. The van der Waals surface area contributed by atoms with Gasteiger partial charge in [-0.15, -0.1) is 0 Å². The number of hydrogen-bond acceptors (Lipinski definition) is 2. The average Bonchev–Trinajstić information content (AvgIpc) is 2.68. The number of fused-ring (bicyclic) bond motifs is 1. The number of nitrogens with one attached hydrogen (secondary N) is 1. The molecule has 1 N–H and O–H groups in total. The average molecular weight is 285 g/mol. The third-order valence-electron chi connectivity index (χ3n) is 2.97. The number of halogens is 2. The van der Waals surface area contributed by atoms with Crippen LogP contribution in [0.25, 0.3) is 5.69 Å². The SMILES string of the molecule is O=c1c2c([nH]n1-c1ccc(Cl)cc1F)CCSC2. The van der Waals surface area contributed by atoms with Crippen molar-refractivity contribution in [2.24, 2.45) is 0 Å². The monoisotopic (exact) mass is 284 g/mol. The molecule has 0 atom stereocenters. The number of aryl methyl sites for hydroxylation is 1. The molecule has 0 saturated heterocycles. The minimum atomic E-state index is -0.504. The Morgan fingerprint density at radius 2 is 2.28 bits per heavy atom. The number of nitrogens with zero attached hydrogens (tertiary/aromatic N) is 1. The molecule has 1 aliphatic heterocycles. The second kappa shape index (κ2) is 4.48. The molecule has 0 amide bonds. The Bertz CT molecular complexity index is 665. The van der Waals surface area contributed by atoms with E-state index >= 15 is 0 Å². The van der Waals surface area contributed by atoms with Crippen molar-refractivity contribution in [3.63, 3.8) is 0 Å². The first-order valence-corrected chi connectivity index (χ1v) is 7.06. The number of rotatable bonds is 1. The van der Waals surface area contributed by atoms with Crippen molar-refractivity contribution in [3.8, 4) is 5.69 Å². The van der Waals surface area contributed by atoms with E-state index in [0.717, 1.165) is 23.4 Å². The molecule has 0 fully saturated rings. The Morgan fingerprint density at radius 1 is 1.44 bits per heavy atom. The van der Waals surface area contributed by atoms with Crippen LogP contribution in [0.15, 0.2) is 23.0 Å². The Balaban J connectivity index is 2.17. The standard InChI is InChI=1S/C12H10ClFN2OS/c13-7-1-2-11(9(14)5-7)16-12(17)8-6-18-4-3-10(8)15-16/h1-2,5,15H,3-4,6H2. The first-order valence-electron chi connectivity index (χ1n) is 5.53. The summed E-state index contributed by atoms with van der Waals surface area (Å²) in [5.74, 6) is 1.17. The van der Waals surface area contributed by atoms with Gasteiger partial charge in [0, 0.05) is 22.0 Å². The highest BCUT2D eigenvalue weighted by atomic mass is 35.5. The van der Waals surface area contributed by atoms with Gasteiger partial charge in [-0.05, 0) is 30.4 Å². The zero-order valence-electron chi connectivity index (χ0n) is 9.37. The van der Waals surface area contributed by atoms with Gasteiger partial charge in [-0.3, -0.25) is 9.89 Å². The highest BCUT2D eigenvalue weighted by Gasteiger charge is 2.19. The van der Waals surface area contributed by atoms with Crippen LogP contribution in [-0.4, -0.2) is 15.5 Å². The molecule has 0 aliphatic carbocycles.